The standard InChI is InChI=1S/C19H17BrF2N4O2S/c1-11(28-14-6-4-13(21)5-7-14)18-24-25-19(26(18)2)29-10-17(27)23-16-8-3-12(20)9-15(16)22/h3-9,11H,10H2,1-2H3,(H,23,27). The van der Waals surface area contributed by atoms with Gasteiger partial charge in [0, 0.05) is 11.5 Å². The zero-order valence-electron chi connectivity index (χ0n) is 15.5. The number of thioether (sulfide) groups is 1. The van der Waals surface area contributed by atoms with Gasteiger partial charge in [0.2, 0.25) is 5.91 Å². The number of nitrogens with zero attached hydrogens (tertiary/aromatic N) is 3. The lowest BCUT2D eigenvalue weighted by Crippen LogP contribution is -2.15. The Morgan fingerprint density at radius 3 is 2.66 bits per heavy atom. The molecule has 1 atom stereocenters. The lowest BCUT2D eigenvalue weighted by Gasteiger charge is -2.14. The topological polar surface area (TPSA) is 69.0 Å². The lowest BCUT2D eigenvalue weighted by atomic mass is 10.3. The maximum absolute atomic E-state index is 13.8. The van der Waals surface area contributed by atoms with Gasteiger partial charge in [-0.15, -0.1) is 10.2 Å². The molecule has 0 aliphatic rings. The Balaban J connectivity index is 1.58. The molecule has 0 saturated heterocycles. The van der Waals surface area contributed by atoms with Crippen molar-refractivity contribution in [3.63, 3.8) is 0 Å². The summed E-state index contributed by atoms with van der Waals surface area (Å²) >= 11 is 4.34. The summed E-state index contributed by atoms with van der Waals surface area (Å²) in [6.07, 6.45) is -0.432. The van der Waals surface area contributed by atoms with E-state index in [1.54, 1.807) is 24.6 Å². The minimum atomic E-state index is -0.523. The second-order valence-corrected chi connectivity index (χ2v) is 7.93. The zero-order valence-corrected chi connectivity index (χ0v) is 17.9. The molecule has 1 heterocycles. The van der Waals surface area contributed by atoms with Gasteiger partial charge in [-0.25, -0.2) is 8.78 Å². The molecule has 0 bridgehead atoms. The minimum absolute atomic E-state index is 0.0364. The van der Waals surface area contributed by atoms with E-state index in [9.17, 15) is 13.6 Å². The quantitative estimate of drug-likeness (QED) is 0.493. The highest BCUT2D eigenvalue weighted by atomic mass is 79.9. The van der Waals surface area contributed by atoms with Crippen LogP contribution in [0.4, 0.5) is 14.5 Å². The smallest absolute Gasteiger partial charge is 0.234 e. The Kier molecular flexibility index (Phi) is 6.86. The molecule has 2 aromatic carbocycles. The van der Waals surface area contributed by atoms with Crippen molar-refractivity contribution in [2.75, 3.05) is 11.1 Å². The number of anilines is 1. The van der Waals surface area contributed by atoms with Crippen LogP contribution in [0.15, 0.2) is 52.1 Å². The number of carbonyl (C=O) groups excluding carboxylic acids is 1. The average Bonchev–Trinajstić information content (AvgIpc) is 3.05. The first-order valence-corrected chi connectivity index (χ1v) is 10.3. The van der Waals surface area contributed by atoms with E-state index >= 15 is 0 Å². The Morgan fingerprint density at radius 2 is 1.97 bits per heavy atom. The number of nitrogens with one attached hydrogen (secondary N) is 1. The summed E-state index contributed by atoms with van der Waals surface area (Å²) in [7, 11) is 1.76. The van der Waals surface area contributed by atoms with Crippen LogP contribution in [-0.2, 0) is 11.8 Å². The molecule has 3 rings (SSSR count). The molecule has 0 aliphatic carbocycles. The second-order valence-electron chi connectivity index (χ2n) is 6.07. The Morgan fingerprint density at radius 1 is 1.24 bits per heavy atom. The molecule has 0 aliphatic heterocycles. The number of benzene rings is 2. The fourth-order valence-electron chi connectivity index (χ4n) is 2.48. The predicted molar refractivity (Wildman–Crippen MR) is 110 cm³/mol. The van der Waals surface area contributed by atoms with Crippen molar-refractivity contribution >= 4 is 39.3 Å². The normalized spacial score (nSPS) is 11.9. The van der Waals surface area contributed by atoms with Crippen LogP contribution in [0.5, 0.6) is 5.75 Å². The van der Waals surface area contributed by atoms with E-state index in [1.807, 2.05) is 0 Å². The fraction of sp³-hybridized carbons (Fsp3) is 0.211. The highest BCUT2D eigenvalue weighted by molar-refractivity contribution is 9.10. The van der Waals surface area contributed by atoms with Gasteiger partial charge >= 0.3 is 0 Å². The summed E-state index contributed by atoms with van der Waals surface area (Å²) in [4.78, 5) is 12.1. The summed E-state index contributed by atoms with van der Waals surface area (Å²) in [5, 5.41) is 11.2. The van der Waals surface area contributed by atoms with Crippen LogP contribution in [0, 0.1) is 11.6 Å². The molecule has 0 saturated carbocycles. The molecule has 0 spiro atoms. The van der Waals surface area contributed by atoms with Crippen molar-refractivity contribution < 1.29 is 18.3 Å². The first-order chi connectivity index (χ1) is 13.8. The molecule has 152 valence electrons. The average molecular weight is 483 g/mol. The molecular formula is C19H17BrF2N4O2S. The number of carbonyl (C=O) groups is 1. The molecule has 10 heteroatoms. The highest BCUT2D eigenvalue weighted by Crippen LogP contribution is 2.24. The van der Waals surface area contributed by atoms with Crippen molar-refractivity contribution in [2.24, 2.45) is 7.05 Å². The molecule has 6 nitrogen and oxygen atoms in total. The third-order valence-electron chi connectivity index (χ3n) is 3.90. The van der Waals surface area contributed by atoms with Crippen LogP contribution >= 0.6 is 27.7 Å². The monoisotopic (exact) mass is 482 g/mol. The zero-order chi connectivity index (χ0) is 21.0. The number of amides is 1. The van der Waals surface area contributed by atoms with Crippen LogP contribution < -0.4 is 10.1 Å². The summed E-state index contributed by atoms with van der Waals surface area (Å²) in [6.45, 7) is 1.80. The molecule has 0 radical (unpaired) electrons. The first kappa shape index (κ1) is 21.3. The van der Waals surface area contributed by atoms with E-state index in [-0.39, 0.29) is 23.2 Å². The van der Waals surface area contributed by atoms with Gasteiger partial charge in [-0.2, -0.15) is 0 Å². The number of halogens is 3. The molecular weight excluding hydrogens is 466 g/mol. The number of hydrogen-bond acceptors (Lipinski definition) is 5. The van der Waals surface area contributed by atoms with Gasteiger partial charge in [-0.1, -0.05) is 27.7 Å². The molecule has 29 heavy (non-hydrogen) atoms. The molecule has 1 aromatic heterocycles. The summed E-state index contributed by atoms with van der Waals surface area (Å²) in [5.74, 6) is -0.136. The van der Waals surface area contributed by atoms with Crippen molar-refractivity contribution in [1.82, 2.24) is 14.8 Å². The van der Waals surface area contributed by atoms with Gasteiger partial charge < -0.3 is 14.6 Å². The predicted octanol–water partition coefficient (Wildman–Crippen LogP) is 4.73. The number of aromatic nitrogens is 3. The summed E-state index contributed by atoms with van der Waals surface area (Å²) in [5.41, 5.74) is 0.110. The SMILES string of the molecule is CC(Oc1ccc(F)cc1)c1nnc(SCC(=O)Nc2ccc(Br)cc2F)n1C. The van der Waals surface area contributed by atoms with Crippen LogP contribution in [0.25, 0.3) is 0 Å². The first-order valence-electron chi connectivity index (χ1n) is 8.52. The second kappa shape index (κ2) is 9.36. The van der Waals surface area contributed by atoms with Gasteiger partial charge in [0.15, 0.2) is 17.1 Å². The van der Waals surface area contributed by atoms with E-state index < -0.39 is 11.9 Å². The maximum atomic E-state index is 13.8. The summed E-state index contributed by atoms with van der Waals surface area (Å²) < 4.78 is 34.9. The van der Waals surface area contributed by atoms with E-state index in [0.717, 1.165) is 0 Å². The molecule has 0 fully saturated rings. The number of rotatable bonds is 7. The van der Waals surface area contributed by atoms with Crippen molar-refractivity contribution in [3.05, 3.63) is 64.4 Å². The maximum Gasteiger partial charge on any atom is 0.234 e. The molecule has 1 amide bonds. The van der Waals surface area contributed by atoms with Crippen molar-refractivity contribution in [3.8, 4) is 5.75 Å². The third-order valence-corrected chi connectivity index (χ3v) is 5.41. The Hall–Kier alpha value is -2.46. The lowest BCUT2D eigenvalue weighted by molar-refractivity contribution is -0.113. The van der Waals surface area contributed by atoms with E-state index in [0.29, 0.717) is 21.2 Å². The van der Waals surface area contributed by atoms with Gasteiger partial charge in [0.1, 0.15) is 17.4 Å². The Bertz CT molecular complexity index is 1010. The van der Waals surface area contributed by atoms with E-state index in [4.69, 9.17) is 4.74 Å². The van der Waals surface area contributed by atoms with E-state index in [1.165, 1.54) is 48.2 Å². The van der Waals surface area contributed by atoms with Gasteiger partial charge in [-0.3, -0.25) is 4.79 Å². The molecule has 1 N–H and O–H groups in total. The van der Waals surface area contributed by atoms with Crippen LogP contribution in [0.2, 0.25) is 0 Å². The van der Waals surface area contributed by atoms with Crippen LogP contribution in [0.3, 0.4) is 0 Å². The minimum Gasteiger partial charge on any atom is -0.483 e. The molecule has 1 unspecified atom stereocenters. The number of ether oxygens (including phenoxy) is 1. The Labute approximate surface area is 178 Å². The fourth-order valence-corrected chi connectivity index (χ4v) is 3.53. The highest BCUT2D eigenvalue weighted by Gasteiger charge is 2.18. The van der Waals surface area contributed by atoms with Crippen LogP contribution in [-0.4, -0.2) is 26.4 Å². The van der Waals surface area contributed by atoms with Gasteiger partial charge in [0.05, 0.1) is 11.4 Å². The van der Waals surface area contributed by atoms with E-state index in [2.05, 4.69) is 31.4 Å². The summed E-state index contributed by atoms with van der Waals surface area (Å²) in [6, 6.07) is 10.1. The van der Waals surface area contributed by atoms with Gasteiger partial charge in [0.25, 0.3) is 0 Å². The van der Waals surface area contributed by atoms with Crippen LogP contribution in [0.1, 0.15) is 18.9 Å². The van der Waals surface area contributed by atoms with Gasteiger partial charge in [-0.05, 0) is 49.4 Å². The van der Waals surface area contributed by atoms with Crippen molar-refractivity contribution in [2.45, 2.75) is 18.2 Å². The molecule has 3 aromatic rings. The third kappa shape index (κ3) is 5.54. The van der Waals surface area contributed by atoms with Crippen molar-refractivity contribution in [1.29, 1.82) is 0 Å². The largest absolute Gasteiger partial charge is 0.483 e. The number of hydrogen-bond donors (Lipinski definition) is 1.